The van der Waals surface area contributed by atoms with Gasteiger partial charge in [-0.3, -0.25) is 4.98 Å². The molecule has 1 aliphatic rings. The van der Waals surface area contributed by atoms with Crippen LogP contribution in [0.25, 0.3) is 11.4 Å². The van der Waals surface area contributed by atoms with Gasteiger partial charge in [0.25, 0.3) is 0 Å². The average molecular weight is 495 g/mol. The van der Waals surface area contributed by atoms with Crippen LogP contribution in [0.15, 0.2) is 48.5 Å². The molecule has 0 atom stereocenters. The Hall–Kier alpha value is -1.90. The van der Waals surface area contributed by atoms with E-state index in [9.17, 15) is 0 Å². The fourth-order valence-electron chi connectivity index (χ4n) is 3.67. The Morgan fingerprint density at radius 3 is 2.42 bits per heavy atom. The Morgan fingerprint density at radius 2 is 1.71 bits per heavy atom. The van der Waals surface area contributed by atoms with Crippen molar-refractivity contribution in [2.75, 3.05) is 4.90 Å². The Kier molecular flexibility index (Phi) is 4.14. The summed E-state index contributed by atoms with van der Waals surface area (Å²) in [5, 5.41) is 0. The van der Waals surface area contributed by atoms with Gasteiger partial charge in [0.05, 0.1) is 5.82 Å². The number of anilines is 2. The standard InChI is InChI=1S/C20H20N3.Ir/c1-14-15(2)22-19(21-14)17-12-8-9-13-18(17)23(20(22,3)4)16-10-6-5-7-11-16;/h5-11,13H,1-4H3;/q-1;. The monoisotopic (exact) mass is 495 g/mol. The van der Waals surface area contributed by atoms with E-state index < -0.39 is 0 Å². The molecule has 4 rings (SSSR count). The van der Waals surface area contributed by atoms with Crippen LogP contribution in [-0.4, -0.2) is 9.55 Å². The summed E-state index contributed by atoms with van der Waals surface area (Å²) in [5.41, 5.74) is 5.42. The van der Waals surface area contributed by atoms with Crippen LogP contribution in [-0.2, 0) is 25.8 Å². The normalized spacial score (nSPS) is 14.6. The first-order chi connectivity index (χ1) is 11.0. The van der Waals surface area contributed by atoms with E-state index in [0.717, 1.165) is 22.8 Å². The number of hydrogen-bond acceptors (Lipinski definition) is 2. The molecule has 24 heavy (non-hydrogen) atoms. The molecule has 0 fully saturated rings. The third-order valence-corrected chi connectivity index (χ3v) is 4.75. The summed E-state index contributed by atoms with van der Waals surface area (Å²) in [6, 6.07) is 20.1. The largest absolute Gasteiger partial charge is 0.360 e. The minimum absolute atomic E-state index is 0. The van der Waals surface area contributed by atoms with E-state index in [1.807, 2.05) is 12.1 Å². The number of hydrogen-bond donors (Lipinski definition) is 0. The molecule has 1 aromatic heterocycles. The molecule has 0 spiro atoms. The van der Waals surface area contributed by atoms with Gasteiger partial charge < -0.3 is 9.47 Å². The maximum atomic E-state index is 4.82. The van der Waals surface area contributed by atoms with Gasteiger partial charge in [-0.2, -0.15) is 0 Å². The molecule has 0 aliphatic carbocycles. The second-order valence-corrected chi connectivity index (χ2v) is 6.54. The molecule has 2 aromatic carbocycles. The first kappa shape index (κ1) is 16.9. The van der Waals surface area contributed by atoms with Gasteiger partial charge in [-0.1, -0.05) is 23.8 Å². The molecule has 125 valence electrons. The molecule has 1 radical (unpaired) electrons. The number of nitrogens with zero attached hydrogens (tertiary/aromatic N) is 3. The van der Waals surface area contributed by atoms with Crippen molar-refractivity contribution in [2.24, 2.45) is 0 Å². The molecular formula is C20H20IrN3-. The van der Waals surface area contributed by atoms with Crippen LogP contribution >= 0.6 is 0 Å². The number of fused-ring (bicyclic) bond motifs is 3. The van der Waals surface area contributed by atoms with Crippen LogP contribution in [0.4, 0.5) is 11.4 Å². The van der Waals surface area contributed by atoms with E-state index in [-0.39, 0.29) is 25.8 Å². The average Bonchev–Trinajstić information content (AvgIpc) is 2.85. The van der Waals surface area contributed by atoms with E-state index in [4.69, 9.17) is 4.98 Å². The number of para-hydroxylation sites is 1. The van der Waals surface area contributed by atoms with Gasteiger partial charge in [0, 0.05) is 37.2 Å². The molecular weight excluding hydrogens is 474 g/mol. The quantitative estimate of drug-likeness (QED) is 0.453. The molecule has 4 heteroatoms. The van der Waals surface area contributed by atoms with Crippen molar-refractivity contribution in [3.8, 4) is 11.4 Å². The summed E-state index contributed by atoms with van der Waals surface area (Å²) in [4.78, 5) is 7.20. The summed E-state index contributed by atoms with van der Waals surface area (Å²) < 4.78 is 2.33. The maximum Gasteiger partial charge on any atom is 0.101 e. The van der Waals surface area contributed by atoms with Crippen LogP contribution < -0.4 is 4.90 Å². The van der Waals surface area contributed by atoms with Gasteiger partial charge in [-0.25, -0.2) is 0 Å². The van der Waals surface area contributed by atoms with Crippen LogP contribution in [0, 0.1) is 19.9 Å². The van der Waals surface area contributed by atoms with E-state index in [1.165, 1.54) is 11.4 Å². The van der Waals surface area contributed by atoms with Crippen molar-refractivity contribution >= 4 is 11.4 Å². The molecule has 0 N–H and O–H groups in total. The van der Waals surface area contributed by atoms with Gasteiger partial charge in [0.2, 0.25) is 0 Å². The zero-order valence-electron chi connectivity index (χ0n) is 14.3. The second-order valence-electron chi connectivity index (χ2n) is 6.54. The van der Waals surface area contributed by atoms with Crippen molar-refractivity contribution < 1.29 is 20.1 Å². The van der Waals surface area contributed by atoms with E-state index >= 15 is 0 Å². The van der Waals surface area contributed by atoms with Crippen molar-refractivity contribution in [3.63, 3.8) is 0 Å². The molecule has 0 saturated carbocycles. The topological polar surface area (TPSA) is 21.1 Å². The number of rotatable bonds is 1. The smallest absolute Gasteiger partial charge is 0.101 e. The van der Waals surface area contributed by atoms with Crippen molar-refractivity contribution in [1.29, 1.82) is 0 Å². The summed E-state index contributed by atoms with van der Waals surface area (Å²) in [7, 11) is 0. The van der Waals surface area contributed by atoms with E-state index in [1.54, 1.807) is 0 Å². The zero-order valence-corrected chi connectivity index (χ0v) is 16.7. The zero-order chi connectivity index (χ0) is 16.2. The number of aromatic nitrogens is 2. The molecule has 3 nitrogen and oxygen atoms in total. The molecule has 0 unspecified atom stereocenters. The minimum atomic E-state index is -0.246. The van der Waals surface area contributed by atoms with Gasteiger partial charge in [0.15, 0.2) is 0 Å². The molecule has 0 amide bonds. The molecule has 0 bridgehead atoms. The second kappa shape index (κ2) is 5.87. The summed E-state index contributed by atoms with van der Waals surface area (Å²) in [6.45, 7) is 8.71. The Labute approximate surface area is 156 Å². The fourth-order valence-corrected chi connectivity index (χ4v) is 3.67. The predicted molar refractivity (Wildman–Crippen MR) is 93.9 cm³/mol. The fraction of sp³-hybridized carbons (Fsp3) is 0.250. The molecule has 1 aliphatic heterocycles. The number of benzene rings is 2. The van der Waals surface area contributed by atoms with Gasteiger partial charge in [0.1, 0.15) is 5.66 Å². The third kappa shape index (κ3) is 2.25. The molecule has 0 saturated heterocycles. The van der Waals surface area contributed by atoms with Crippen molar-refractivity contribution in [3.05, 3.63) is 66.0 Å². The maximum absolute atomic E-state index is 4.82. The predicted octanol–water partition coefficient (Wildman–Crippen LogP) is 4.81. The Morgan fingerprint density at radius 1 is 1.00 bits per heavy atom. The van der Waals surface area contributed by atoms with Crippen LogP contribution in [0.5, 0.6) is 0 Å². The van der Waals surface area contributed by atoms with E-state index in [0.29, 0.717) is 0 Å². The Bertz CT molecular complexity index is 881. The Balaban J connectivity index is 0.00000169. The summed E-state index contributed by atoms with van der Waals surface area (Å²) in [6.07, 6.45) is 0. The third-order valence-electron chi connectivity index (χ3n) is 4.75. The van der Waals surface area contributed by atoms with Crippen molar-refractivity contribution in [1.82, 2.24) is 9.55 Å². The van der Waals surface area contributed by atoms with Crippen LogP contribution in [0.3, 0.4) is 0 Å². The first-order valence-corrected chi connectivity index (χ1v) is 7.94. The summed E-state index contributed by atoms with van der Waals surface area (Å²) in [5.74, 6) is 1.01. The molecule has 3 aromatic rings. The summed E-state index contributed by atoms with van der Waals surface area (Å²) >= 11 is 0. The van der Waals surface area contributed by atoms with Crippen molar-refractivity contribution in [2.45, 2.75) is 33.4 Å². The van der Waals surface area contributed by atoms with Crippen LogP contribution in [0.2, 0.25) is 0 Å². The van der Waals surface area contributed by atoms with Gasteiger partial charge in [-0.05, 0) is 45.5 Å². The number of aryl methyl sites for hydroxylation is 1. The number of imidazole rings is 1. The van der Waals surface area contributed by atoms with Gasteiger partial charge >= 0.3 is 0 Å². The SMILES string of the molecule is Cc1nc2n(c1C)C(C)(C)N(c1ccccc1)c1ccc[c-]c1-2.[Ir]. The van der Waals surface area contributed by atoms with E-state index in [2.05, 4.69) is 79.6 Å². The minimum Gasteiger partial charge on any atom is -0.360 e. The van der Waals surface area contributed by atoms with Gasteiger partial charge in [-0.15, -0.1) is 24.3 Å². The first-order valence-electron chi connectivity index (χ1n) is 7.94. The molecule has 2 heterocycles. The van der Waals surface area contributed by atoms with Crippen LogP contribution in [0.1, 0.15) is 25.2 Å².